The van der Waals surface area contributed by atoms with E-state index < -0.39 is 11.8 Å². The number of carbonyl (C=O) groups excluding carboxylic acids is 2. The maximum absolute atomic E-state index is 13.1. The maximum atomic E-state index is 13.1. The number of hydrogen-bond acceptors (Lipinski definition) is 5. The molecule has 1 saturated heterocycles. The average Bonchev–Trinajstić information content (AvgIpc) is 3.41. The molecule has 26 heavy (non-hydrogen) atoms. The fraction of sp³-hybridized carbons (Fsp3) is 0.474. The second-order valence-corrected chi connectivity index (χ2v) is 6.78. The van der Waals surface area contributed by atoms with Crippen molar-refractivity contribution in [2.45, 2.75) is 50.4 Å². The zero-order valence-corrected chi connectivity index (χ0v) is 14.5. The Morgan fingerprint density at radius 1 is 1.12 bits per heavy atom. The van der Waals surface area contributed by atoms with Crippen LogP contribution in [0.2, 0.25) is 0 Å². The third-order valence-corrected chi connectivity index (χ3v) is 5.17. The largest absolute Gasteiger partial charge is 0.467 e. The van der Waals surface area contributed by atoms with Crippen molar-refractivity contribution >= 4 is 11.8 Å². The van der Waals surface area contributed by atoms with Crippen LogP contribution in [-0.4, -0.2) is 35.1 Å². The summed E-state index contributed by atoms with van der Waals surface area (Å²) >= 11 is 0. The molecule has 1 atom stereocenters. The molecule has 4 rings (SSSR count). The predicted octanol–water partition coefficient (Wildman–Crippen LogP) is 2.69. The van der Waals surface area contributed by atoms with Crippen molar-refractivity contribution in [3.8, 4) is 0 Å². The van der Waals surface area contributed by atoms with Crippen LogP contribution in [0.25, 0.3) is 0 Å². The molecule has 0 aromatic carbocycles. The summed E-state index contributed by atoms with van der Waals surface area (Å²) in [6.07, 6.45) is 7.56. The Morgan fingerprint density at radius 3 is 2.58 bits per heavy atom. The van der Waals surface area contributed by atoms with Gasteiger partial charge in [-0.1, -0.05) is 6.42 Å². The smallest absolute Gasteiger partial charge is 0.292 e. The Bertz CT molecular complexity index is 747. The van der Waals surface area contributed by atoms with Crippen molar-refractivity contribution in [3.63, 3.8) is 0 Å². The number of furan rings is 2. The Hall–Kier alpha value is -2.54. The van der Waals surface area contributed by atoms with Gasteiger partial charge in [0.15, 0.2) is 5.76 Å². The van der Waals surface area contributed by atoms with Gasteiger partial charge in [-0.25, -0.2) is 0 Å². The molecule has 1 aliphatic carbocycles. The van der Waals surface area contributed by atoms with Gasteiger partial charge in [0.05, 0.1) is 25.7 Å². The van der Waals surface area contributed by atoms with E-state index in [0.29, 0.717) is 5.76 Å². The van der Waals surface area contributed by atoms with E-state index in [1.807, 2.05) is 0 Å². The molecule has 2 aromatic heterocycles. The quantitative estimate of drug-likeness (QED) is 0.908. The average molecular weight is 358 g/mol. The fourth-order valence-electron chi connectivity index (χ4n) is 3.90. The van der Waals surface area contributed by atoms with Gasteiger partial charge < -0.3 is 18.9 Å². The molecule has 7 heteroatoms. The number of rotatable bonds is 4. The summed E-state index contributed by atoms with van der Waals surface area (Å²) in [6, 6.07) is 6.17. The van der Waals surface area contributed by atoms with Gasteiger partial charge in [-0.05, 0) is 49.9 Å². The minimum atomic E-state index is -0.713. The Labute approximate surface area is 151 Å². The Kier molecular flexibility index (Phi) is 4.55. The van der Waals surface area contributed by atoms with Crippen LogP contribution in [0.1, 0.15) is 48.4 Å². The predicted molar refractivity (Wildman–Crippen MR) is 91.0 cm³/mol. The van der Waals surface area contributed by atoms with Crippen LogP contribution < -0.4 is 5.32 Å². The molecule has 2 aromatic rings. The van der Waals surface area contributed by atoms with Gasteiger partial charge in [-0.15, -0.1) is 0 Å². The number of amides is 2. The third-order valence-electron chi connectivity index (χ3n) is 5.17. The second-order valence-electron chi connectivity index (χ2n) is 6.78. The summed E-state index contributed by atoms with van der Waals surface area (Å²) in [5, 5.41) is 2.84. The fourth-order valence-corrected chi connectivity index (χ4v) is 3.90. The number of carbonyl (C=O) groups is 2. The number of nitrogens with one attached hydrogen (secondary N) is 1. The molecule has 7 nitrogen and oxygen atoms in total. The molecule has 1 N–H and O–H groups in total. The highest BCUT2D eigenvalue weighted by molar-refractivity contribution is 5.96. The molecule has 0 radical (unpaired) electrons. The molecule has 138 valence electrons. The number of hydrogen-bond donors (Lipinski definition) is 1. The molecule has 0 unspecified atom stereocenters. The van der Waals surface area contributed by atoms with Gasteiger partial charge in [0.2, 0.25) is 5.91 Å². The Balaban J connectivity index is 1.56. The van der Waals surface area contributed by atoms with E-state index in [-0.39, 0.29) is 30.7 Å². The summed E-state index contributed by atoms with van der Waals surface area (Å²) in [6.45, 7) is 0.467. The van der Waals surface area contributed by atoms with Crippen molar-refractivity contribution in [2.75, 3.05) is 6.61 Å². The lowest BCUT2D eigenvalue weighted by molar-refractivity contribution is -0.127. The first-order chi connectivity index (χ1) is 12.7. The monoisotopic (exact) mass is 358 g/mol. The van der Waals surface area contributed by atoms with Gasteiger partial charge in [-0.2, -0.15) is 0 Å². The topological polar surface area (TPSA) is 84.9 Å². The minimum Gasteiger partial charge on any atom is -0.467 e. The molecule has 3 heterocycles. The SMILES string of the molecule is O=C(NCc1ccco1)[C@@H]1COC2(CCCCC2)N1C(=O)c1ccco1. The molecule has 2 amide bonds. The summed E-state index contributed by atoms with van der Waals surface area (Å²) < 4.78 is 16.6. The van der Waals surface area contributed by atoms with Crippen LogP contribution in [0, 0.1) is 0 Å². The highest BCUT2D eigenvalue weighted by atomic mass is 16.5. The lowest BCUT2D eigenvalue weighted by Crippen LogP contribution is -2.56. The molecule has 2 aliphatic rings. The van der Waals surface area contributed by atoms with Gasteiger partial charge in [0.1, 0.15) is 17.5 Å². The van der Waals surface area contributed by atoms with E-state index >= 15 is 0 Å². The molecule has 1 aliphatic heterocycles. The summed E-state index contributed by atoms with van der Waals surface area (Å²) in [4.78, 5) is 27.5. The first-order valence-corrected chi connectivity index (χ1v) is 9.01. The van der Waals surface area contributed by atoms with Crippen LogP contribution in [0.5, 0.6) is 0 Å². The summed E-state index contributed by atoms with van der Waals surface area (Å²) in [7, 11) is 0. The van der Waals surface area contributed by atoms with Crippen molar-refractivity contribution in [2.24, 2.45) is 0 Å². The van der Waals surface area contributed by atoms with E-state index in [1.165, 1.54) is 6.26 Å². The molecular formula is C19H22N2O5. The maximum Gasteiger partial charge on any atom is 0.292 e. The standard InChI is InChI=1S/C19H22N2O5/c22-17(20-12-14-6-4-10-24-14)15-13-26-19(8-2-1-3-9-19)21(15)18(23)16-7-5-11-25-16/h4-7,10-11,15H,1-3,8-9,12-13H2,(H,20,22)/t15-/m0/s1. The van der Waals surface area contributed by atoms with Crippen LogP contribution in [0.3, 0.4) is 0 Å². The van der Waals surface area contributed by atoms with Crippen molar-refractivity contribution < 1.29 is 23.2 Å². The highest BCUT2D eigenvalue weighted by Gasteiger charge is 2.53. The first-order valence-electron chi connectivity index (χ1n) is 9.01. The van der Waals surface area contributed by atoms with Gasteiger partial charge in [-0.3, -0.25) is 14.5 Å². The molecule has 2 fully saturated rings. The molecule has 1 spiro atoms. The third kappa shape index (κ3) is 3.03. The Morgan fingerprint density at radius 2 is 1.88 bits per heavy atom. The first kappa shape index (κ1) is 16.9. The lowest BCUT2D eigenvalue weighted by Gasteiger charge is -2.41. The van der Waals surface area contributed by atoms with Gasteiger partial charge >= 0.3 is 0 Å². The summed E-state index contributed by atoms with van der Waals surface area (Å²) in [5.41, 5.74) is -0.713. The minimum absolute atomic E-state index is 0.191. The van der Waals surface area contributed by atoms with Crippen LogP contribution >= 0.6 is 0 Å². The van der Waals surface area contributed by atoms with Crippen molar-refractivity contribution in [3.05, 3.63) is 48.3 Å². The van der Waals surface area contributed by atoms with E-state index in [2.05, 4.69) is 5.32 Å². The zero-order chi connectivity index (χ0) is 18.0. The van der Waals surface area contributed by atoms with Crippen LogP contribution in [0.15, 0.2) is 45.6 Å². The van der Waals surface area contributed by atoms with Gasteiger partial charge in [0, 0.05) is 0 Å². The molecular weight excluding hydrogens is 336 g/mol. The van der Waals surface area contributed by atoms with E-state index in [4.69, 9.17) is 13.6 Å². The zero-order valence-electron chi connectivity index (χ0n) is 14.5. The van der Waals surface area contributed by atoms with Crippen LogP contribution in [0.4, 0.5) is 0 Å². The summed E-state index contributed by atoms with van der Waals surface area (Å²) in [5.74, 6) is 0.342. The van der Waals surface area contributed by atoms with E-state index in [1.54, 1.807) is 35.4 Å². The normalized spacial score (nSPS) is 21.8. The van der Waals surface area contributed by atoms with E-state index in [0.717, 1.165) is 32.1 Å². The van der Waals surface area contributed by atoms with Gasteiger partial charge in [0.25, 0.3) is 5.91 Å². The lowest BCUT2D eigenvalue weighted by atomic mass is 9.90. The van der Waals surface area contributed by atoms with Crippen molar-refractivity contribution in [1.82, 2.24) is 10.2 Å². The number of ether oxygens (including phenoxy) is 1. The van der Waals surface area contributed by atoms with E-state index in [9.17, 15) is 9.59 Å². The van der Waals surface area contributed by atoms with Crippen LogP contribution in [-0.2, 0) is 16.1 Å². The molecule has 1 saturated carbocycles. The highest BCUT2D eigenvalue weighted by Crippen LogP contribution is 2.41. The second kappa shape index (κ2) is 6.99. The molecule has 0 bridgehead atoms. The van der Waals surface area contributed by atoms with Crippen molar-refractivity contribution in [1.29, 1.82) is 0 Å². The number of nitrogens with zero attached hydrogens (tertiary/aromatic N) is 1.